The maximum atomic E-state index is 14.4. The highest BCUT2D eigenvalue weighted by Crippen LogP contribution is 2.47. The molecule has 13 heteroatoms. The Balaban J connectivity index is 1.17. The van der Waals surface area contributed by atoms with Crippen LogP contribution in [0.15, 0.2) is 23.3 Å². The number of alkyl halides is 3. The summed E-state index contributed by atoms with van der Waals surface area (Å²) in [7, 11) is 2.13. The first-order chi connectivity index (χ1) is 19.8. The minimum absolute atomic E-state index is 0.0446. The van der Waals surface area contributed by atoms with Crippen LogP contribution in [0.25, 0.3) is 5.52 Å². The van der Waals surface area contributed by atoms with Gasteiger partial charge in [-0.3, -0.25) is 23.7 Å². The number of nitrogens with zero attached hydrogens (tertiary/aromatic N) is 5. The van der Waals surface area contributed by atoms with E-state index in [-0.39, 0.29) is 29.6 Å². The van der Waals surface area contributed by atoms with E-state index in [1.165, 1.54) is 35.9 Å². The van der Waals surface area contributed by atoms with Crippen LogP contribution in [0.2, 0.25) is 0 Å². The predicted octanol–water partition coefficient (Wildman–Crippen LogP) is 2.10. The molecule has 5 heterocycles. The second-order valence-electron chi connectivity index (χ2n) is 12.9. The number of aromatic nitrogens is 2. The first-order valence-electron chi connectivity index (χ1n) is 15.2. The summed E-state index contributed by atoms with van der Waals surface area (Å²) in [5.41, 5.74) is 12.5. The average molecular weight is 578 g/mol. The van der Waals surface area contributed by atoms with Crippen molar-refractivity contribution in [3.8, 4) is 0 Å². The molecule has 4 N–H and O–H groups in total. The molecule has 0 radical (unpaired) electrons. The van der Waals surface area contributed by atoms with Crippen molar-refractivity contribution in [1.29, 1.82) is 0 Å². The van der Waals surface area contributed by atoms with E-state index in [1.54, 1.807) is 10.8 Å². The Morgan fingerprint density at radius 3 is 2.51 bits per heavy atom. The normalized spacial score (nSPS) is 31.5. The summed E-state index contributed by atoms with van der Waals surface area (Å²) in [5, 5.41) is 0. The van der Waals surface area contributed by atoms with Gasteiger partial charge in [0.05, 0.1) is 36.7 Å². The molecule has 3 aliphatic heterocycles. The fraction of sp³-hybridized carbons (Fsp3) is 0.750. The molecule has 226 valence electrons. The molecule has 0 bridgehead atoms. The SMILES string of the molecule is CN1CNNC1[C@H](C1CCC1)C1CCCC(n2cc3c(C(F)(F)F)cc(CN4CCN5CNNC5C4)cn3c2=O)C1. The Morgan fingerprint density at radius 2 is 1.78 bits per heavy atom. The van der Waals surface area contributed by atoms with Crippen molar-refractivity contribution in [2.75, 3.05) is 40.0 Å². The Kier molecular flexibility index (Phi) is 7.41. The van der Waals surface area contributed by atoms with Gasteiger partial charge in [0, 0.05) is 44.6 Å². The van der Waals surface area contributed by atoms with Crippen LogP contribution in [0.3, 0.4) is 0 Å². The molecule has 41 heavy (non-hydrogen) atoms. The highest BCUT2D eigenvalue weighted by Gasteiger charge is 2.44. The van der Waals surface area contributed by atoms with Crippen LogP contribution in [0.4, 0.5) is 13.2 Å². The van der Waals surface area contributed by atoms with Crippen LogP contribution in [0, 0.1) is 17.8 Å². The standard InChI is InChI=1S/C28H42F3N9O/c1-36-16-32-35-26(36)25(19-4-2-5-19)20-6-3-7-21(11-20)39-14-23-22(28(29,30)31)10-18(13-40(23)27(39)41)12-37-8-9-38-17-33-34-24(38)15-37/h10,13-14,19-21,24-26,32-35H,2-9,11-12,15-17H2,1H3/t20?,21?,24?,25-,26?/m1/s1. The fourth-order valence-electron chi connectivity index (χ4n) is 8.11. The zero-order valence-corrected chi connectivity index (χ0v) is 23.7. The van der Waals surface area contributed by atoms with Gasteiger partial charge in [-0.2, -0.15) is 13.2 Å². The molecule has 3 saturated heterocycles. The van der Waals surface area contributed by atoms with E-state index in [1.807, 2.05) is 0 Å². The molecule has 2 aliphatic carbocycles. The largest absolute Gasteiger partial charge is 0.418 e. The second kappa shape index (κ2) is 10.9. The van der Waals surface area contributed by atoms with E-state index in [9.17, 15) is 18.0 Å². The third kappa shape index (κ3) is 5.23. The summed E-state index contributed by atoms with van der Waals surface area (Å²) in [5.74, 6) is 1.53. The number of rotatable bonds is 6. The van der Waals surface area contributed by atoms with E-state index in [0.717, 1.165) is 52.1 Å². The van der Waals surface area contributed by atoms with Gasteiger partial charge in [0.1, 0.15) is 0 Å². The van der Waals surface area contributed by atoms with Crippen molar-refractivity contribution in [2.24, 2.45) is 17.8 Å². The minimum atomic E-state index is -4.55. The van der Waals surface area contributed by atoms with Crippen molar-refractivity contribution in [2.45, 2.75) is 76.0 Å². The van der Waals surface area contributed by atoms with Gasteiger partial charge in [0.15, 0.2) is 0 Å². The third-order valence-corrected chi connectivity index (χ3v) is 10.4. The van der Waals surface area contributed by atoms with Crippen LogP contribution in [0.1, 0.15) is 62.1 Å². The van der Waals surface area contributed by atoms with Gasteiger partial charge >= 0.3 is 11.9 Å². The lowest BCUT2D eigenvalue weighted by molar-refractivity contribution is -0.136. The number of imidazole rings is 1. The third-order valence-electron chi connectivity index (χ3n) is 10.4. The first kappa shape index (κ1) is 27.8. The van der Waals surface area contributed by atoms with E-state index >= 15 is 0 Å². The maximum Gasteiger partial charge on any atom is 0.418 e. The summed E-state index contributed by atoms with van der Waals surface area (Å²) in [6.07, 6.45) is 6.39. The fourth-order valence-corrected chi connectivity index (χ4v) is 8.11. The predicted molar refractivity (Wildman–Crippen MR) is 148 cm³/mol. The molecule has 5 fully saturated rings. The summed E-state index contributed by atoms with van der Waals surface area (Å²) in [4.78, 5) is 20.5. The van der Waals surface area contributed by atoms with Crippen molar-refractivity contribution < 1.29 is 13.2 Å². The zero-order chi connectivity index (χ0) is 28.3. The van der Waals surface area contributed by atoms with Crippen molar-refractivity contribution in [3.05, 3.63) is 40.1 Å². The van der Waals surface area contributed by atoms with Crippen LogP contribution < -0.4 is 27.4 Å². The first-order valence-corrected chi connectivity index (χ1v) is 15.2. The number of halogens is 3. The monoisotopic (exact) mass is 577 g/mol. The molecule has 5 atom stereocenters. The highest BCUT2D eigenvalue weighted by atomic mass is 19.4. The van der Waals surface area contributed by atoms with Crippen LogP contribution >= 0.6 is 0 Å². The molecular formula is C28H42F3N9O. The Labute approximate surface area is 238 Å². The van der Waals surface area contributed by atoms with E-state index < -0.39 is 11.7 Å². The molecule has 2 aromatic rings. The lowest BCUT2D eigenvalue weighted by atomic mass is 9.65. The van der Waals surface area contributed by atoms with E-state index in [2.05, 4.69) is 43.5 Å². The molecule has 0 aromatic carbocycles. The van der Waals surface area contributed by atoms with Gasteiger partial charge < -0.3 is 0 Å². The zero-order valence-electron chi connectivity index (χ0n) is 23.7. The van der Waals surface area contributed by atoms with Crippen molar-refractivity contribution >= 4 is 5.52 Å². The van der Waals surface area contributed by atoms with Gasteiger partial charge in [0.2, 0.25) is 0 Å². The number of fused-ring (bicyclic) bond motifs is 2. The Morgan fingerprint density at radius 1 is 1.00 bits per heavy atom. The number of hydrogen-bond acceptors (Lipinski definition) is 8. The number of nitrogens with one attached hydrogen (secondary N) is 4. The van der Waals surface area contributed by atoms with Gasteiger partial charge in [-0.05, 0) is 55.7 Å². The van der Waals surface area contributed by atoms with Gasteiger partial charge in [-0.15, -0.1) is 0 Å². The lowest BCUT2D eigenvalue weighted by Crippen LogP contribution is -2.53. The molecule has 2 aromatic heterocycles. The van der Waals surface area contributed by atoms with Gasteiger partial charge in [0.25, 0.3) is 0 Å². The lowest BCUT2D eigenvalue weighted by Gasteiger charge is -2.46. The van der Waals surface area contributed by atoms with Gasteiger partial charge in [-0.25, -0.2) is 26.5 Å². The molecule has 10 nitrogen and oxygen atoms in total. The number of hydrazine groups is 2. The topological polar surface area (TPSA) is 84.2 Å². The molecule has 0 amide bonds. The molecular weight excluding hydrogens is 535 g/mol. The highest BCUT2D eigenvalue weighted by molar-refractivity contribution is 5.56. The summed E-state index contributed by atoms with van der Waals surface area (Å²) >= 11 is 0. The van der Waals surface area contributed by atoms with Crippen LogP contribution in [0.5, 0.6) is 0 Å². The summed E-state index contributed by atoms with van der Waals surface area (Å²) in [6.45, 7) is 4.23. The molecule has 0 spiro atoms. The van der Waals surface area contributed by atoms with Crippen molar-refractivity contribution in [3.63, 3.8) is 0 Å². The Bertz CT molecular complexity index is 1310. The number of pyridine rings is 1. The summed E-state index contributed by atoms with van der Waals surface area (Å²) < 4.78 is 46.0. The van der Waals surface area contributed by atoms with Gasteiger partial charge in [-0.1, -0.05) is 25.7 Å². The maximum absolute atomic E-state index is 14.4. The number of piperazine rings is 1. The summed E-state index contributed by atoms with van der Waals surface area (Å²) in [6, 6.07) is 1.15. The quantitative estimate of drug-likeness (QED) is 0.416. The van der Waals surface area contributed by atoms with Crippen LogP contribution in [-0.4, -0.2) is 76.0 Å². The average Bonchev–Trinajstić information content (AvgIpc) is 3.64. The smallest absolute Gasteiger partial charge is 0.295 e. The molecule has 2 saturated carbocycles. The molecule has 5 aliphatic rings. The van der Waals surface area contributed by atoms with E-state index in [0.29, 0.717) is 36.4 Å². The Hall–Kier alpha value is -2.00. The van der Waals surface area contributed by atoms with E-state index in [4.69, 9.17) is 0 Å². The molecule has 4 unspecified atom stereocenters. The molecule has 7 rings (SSSR count). The van der Waals surface area contributed by atoms with Crippen molar-refractivity contribution in [1.82, 2.24) is 45.4 Å². The number of hydrogen-bond donors (Lipinski definition) is 4. The second-order valence-corrected chi connectivity index (χ2v) is 12.9. The van der Waals surface area contributed by atoms with Crippen LogP contribution in [-0.2, 0) is 12.7 Å². The minimum Gasteiger partial charge on any atom is -0.295 e.